The van der Waals surface area contributed by atoms with E-state index < -0.39 is 15.8 Å². The summed E-state index contributed by atoms with van der Waals surface area (Å²) in [4.78, 5) is -0.303. The molecule has 1 aliphatic carbocycles. The standard InChI is InChI=1S/C14H20FNO3S/c1-10(2)8-16(12-4-5-12)20(18,19)14-6-3-11(9-17)7-13(14)15/h3,6-7,10,12,17H,4-5,8-9H2,1-2H3. The fraction of sp³-hybridized carbons (Fsp3) is 0.571. The third kappa shape index (κ3) is 3.19. The fourth-order valence-electron chi connectivity index (χ4n) is 2.14. The van der Waals surface area contributed by atoms with E-state index in [1.807, 2.05) is 13.8 Å². The zero-order valence-corrected chi connectivity index (χ0v) is 12.5. The Balaban J connectivity index is 2.37. The lowest BCUT2D eigenvalue weighted by atomic mass is 10.2. The summed E-state index contributed by atoms with van der Waals surface area (Å²) in [7, 11) is -3.81. The van der Waals surface area contributed by atoms with Crippen LogP contribution >= 0.6 is 0 Å². The van der Waals surface area contributed by atoms with E-state index in [4.69, 9.17) is 5.11 Å². The van der Waals surface area contributed by atoms with Gasteiger partial charge in [-0.1, -0.05) is 19.9 Å². The van der Waals surface area contributed by atoms with Crippen molar-refractivity contribution in [1.29, 1.82) is 0 Å². The smallest absolute Gasteiger partial charge is 0.246 e. The third-order valence-corrected chi connectivity index (χ3v) is 5.22. The topological polar surface area (TPSA) is 57.6 Å². The second-order valence-corrected chi connectivity index (χ2v) is 7.48. The summed E-state index contributed by atoms with van der Waals surface area (Å²) in [6.45, 7) is 3.97. The first kappa shape index (κ1) is 15.4. The number of halogens is 1. The monoisotopic (exact) mass is 301 g/mol. The summed E-state index contributed by atoms with van der Waals surface area (Å²) in [5, 5.41) is 8.96. The molecule has 0 atom stereocenters. The molecule has 1 N–H and O–H groups in total. The van der Waals surface area contributed by atoms with E-state index in [9.17, 15) is 12.8 Å². The van der Waals surface area contributed by atoms with Crippen LogP contribution in [0.1, 0.15) is 32.3 Å². The normalized spacial score (nSPS) is 16.1. The average molecular weight is 301 g/mol. The molecule has 0 spiro atoms. The van der Waals surface area contributed by atoms with Gasteiger partial charge < -0.3 is 5.11 Å². The molecule has 0 radical (unpaired) electrons. The van der Waals surface area contributed by atoms with Crippen molar-refractivity contribution in [2.24, 2.45) is 5.92 Å². The van der Waals surface area contributed by atoms with Crippen LogP contribution in [0.4, 0.5) is 4.39 Å². The first-order valence-electron chi connectivity index (χ1n) is 6.77. The van der Waals surface area contributed by atoms with Crippen LogP contribution in [-0.2, 0) is 16.6 Å². The van der Waals surface area contributed by atoms with E-state index in [2.05, 4.69) is 0 Å². The van der Waals surface area contributed by atoms with Crippen molar-refractivity contribution in [1.82, 2.24) is 4.31 Å². The molecule has 0 amide bonds. The highest BCUT2D eigenvalue weighted by atomic mass is 32.2. The van der Waals surface area contributed by atoms with E-state index in [1.165, 1.54) is 16.4 Å². The molecule has 0 bridgehead atoms. The largest absolute Gasteiger partial charge is 0.392 e. The van der Waals surface area contributed by atoms with Gasteiger partial charge in [-0.2, -0.15) is 4.31 Å². The van der Waals surface area contributed by atoms with Gasteiger partial charge in [-0.05, 0) is 36.5 Å². The number of benzene rings is 1. The van der Waals surface area contributed by atoms with Crippen LogP contribution in [0.5, 0.6) is 0 Å². The van der Waals surface area contributed by atoms with Crippen molar-refractivity contribution in [2.75, 3.05) is 6.54 Å². The van der Waals surface area contributed by atoms with Gasteiger partial charge in [-0.25, -0.2) is 12.8 Å². The number of hydrogen-bond donors (Lipinski definition) is 1. The molecule has 1 saturated carbocycles. The second kappa shape index (κ2) is 5.79. The van der Waals surface area contributed by atoms with Crippen LogP contribution in [0.2, 0.25) is 0 Å². The number of rotatable bonds is 6. The first-order chi connectivity index (χ1) is 9.36. The Bertz CT molecular complexity index is 582. The lowest BCUT2D eigenvalue weighted by molar-refractivity contribution is 0.281. The molecule has 1 aliphatic rings. The maximum absolute atomic E-state index is 14.0. The van der Waals surface area contributed by atoms with Gasteiger partial charge in [0.1, 0.15) is 10.7 Å². The molecule has 1 aromatic carbocycles. The van der Waals surface area contributed by atoms with Gasteiger partial charge in [0, 0.05) is 12.6 Å². The zero-order valence-electron chi connectivity index (χ0n) is 11.7. The summed E-state index contributed by atoms with van der Waals surface area (Å²) >= 11 is 0. The number of sulfonamides is 1. The maximum Gasteiger partial charge on any atom is 0.246 e. The minimum atomic E-state index is -3.81. The van der Waals surface area contributed by atoms with Gasteiger partial charge in [0.2, 0.25) is 10.0 Å². The van der Waals surface area contributed by atoms with Crippen molar-refractivity contribution in [3.8, 4) is 0 Å². The Morgan fingerprint density at radius 2 is 2.05 bits per heavy atom. The zero-order chi connectivity index (χ0) is 14.9. The number of aliphatic hydroxyl groups is 1. The molecule has 1 fully saturated rings. The van der Waals surface area contributed by atoms with Gasteiger partial charge in [0.25, 0.3) is 0 Å². The second-order valence-electron chi connectivity index (χ2n) is 5.62. The Hall–Kier alpha value is -0.980. The summed E-state index contributed by atoms with van der Waals surface area (Å²) in [6, 6.07) is 3.76. The lowest BCUT2D eigenvalue weighted by Crippen LogP contribution is -2.36. The van der Waals surface area contributed by atoms with Crippen LogP contribution in [0.3, 0.4) is 0 Å². The summed E-state index contributed by atoms with van der Waals surface area (Å²) in [6.07, 6.45) is 1.67. The number of nitrogens with zero attached hydrogens (tertiary/aromatic N) is 1. The van der Waals surface area contributed by atoms with Gasteiger partial charge in [-0.15, -0.1) is 0 Å². The molecule has 20 heavy (non-hydrogen) atoms. The fourth-order valence-corrected chi connectivity index (χ4v) is 4.04. The van der Waals surface area contributed by atoms with E-state index in [0.29, 0.717) is 12.1 Å². The maximum atomic E-state index is 14.0. The number of aliphatic hydroxyl groups excluding tert-OH is 1. The Morgan fingerprint density at radius 3 is 2.50 bits per heavy atom. The highest BCUT2D eigenvalue weighted by Gasteiger charge is 2.39. The van der Waals surface area contributed by atoms with Crippen molar-refractivity contribution < 1.29 is 17.9 Å². The van der Waals surface area contributed by atoms with Crippen LogP contribution in [0.25, 0.3) is 0 Å². The van der Waals surface area contributed by atoms with E-state index in [0.717, 1.165) is 18.9 Å². The molecule has 6 heteroatoms. The third-order valence-electron chi connectivity index (χ3n) is 3.26. The van der Waals surface area contributed by atoms with Crippen LogP contribution in [0.15, 0.2) is 23.1 Å². The molecular weight excluding hydrogens is 281 g/mol. The predicted octanol–water partition coefficient (Wildman–Crippen LogP) is 2.13. The van der Waals surface area contributed by atoms with Crippen LogP contribution < -0.4 is 0 Å². The molecule has 0 unspecified atom stereocenters. The predicted molar refractivity (Wildman–Crippen MR) is 74.1 cm³/mol. The molecule has 112 valence electrons. The lowest BCUT2D eigenvalue weighted by Gasteiger charge is -2.24. The Morgan fingerprint density at radius 1 is 1.40 bits per heavy atom. The molecule has 0 aliphatic heterocycles. The first-order valence-corrected chi connectivity index (χ1v) is 8.21. The van der Waals surface area contributed by atoms with E-state index >= 15 is 0 Å². The molecule has 0 aromatic heterocycles. The quantitative estimate of drug-likeness (QED) is 0.875. The Kier molecular flexibility index (Phi) is 4.46. The molecule has 1 aromatic rings. The molecular formula is C14H20FNO3S. The molecule has 4 nitrogen and oxygen atoms in total. The Labute approximate surface area is 119 Å². The SMILES string of the molecule is CC(C)CN(C1CC1)S(=O)(=O)c1ccc(CO)cc1F. The van der Waals surface area contributed by atoms with Crippen LogP contribution in [0, 0.1) is 11.7 Å². The highest BCUT2D eigenvalue weighted by Crippen LogP contribution is 2.33. The summed E-state index contributed by atoms with van der Waals surface area (Å²) < 4.78 is 40.6. The molecule has 2 rings (SSSR count). The van der Waals surface area contributed by atoms with Crippen molar-refractivity contribution >= 4 is 10.0 Å². The number of hydrogen-bond acceptors (Lipinski definition) is 3. The van der Waals surface area contributed by atoms with Gasteiger partial charge in [-0.3, -0.25) is 0 Å². The van der Waals surface area contributed by atoms with E-state index in [-0.39, 0.29) is 23.5 Å². The van der Waals surface area contributed by atoms with E-state index in [1.54, 1.807) is 0 Å². The average Bonchev–Trinajstić information content (AvgIpc) is 3.19. The van der Waals surface area contributed by atoms with Crippen molar-refractivity contribution in [3.05, 3.63) is 29.6 Å². The van der Waals surface area contributed by atoms with Crippen LogP contribution in [-0.4, -0.2) is 30.4 Å². The minimum absolute atomic E-state index is 0.000631. The van der Waals surface area contributed by atoms with Gasteiger partial charge >= 0.3 is 0 Å². The molecule has 0 saturated heterocycles. The van der Waals surface area contributed by atoms with Gasteiger partial charge in [0.05, 0.1) is 6.61 Å². The van der Waals surface area contributed by atoms with Crippen molar-refractivity contribution in [2.45, 2.75) is 44.2 Å². The summed E-state index contributed by atoms with van der Waals surface area (Å²) in [5.41, 5.74) is 0.364. The molecule has 0 heterocycles. The summed E-state index contributed by atoms with van der Waals surface area (Å²) in [5.74, 6) is -0.615. The highest BCUT2D eigenvalue weighted by molar-refractivity contribution is 7.89. The van der Waals surface area contributed by atoms with Crippen molar-refractivity contribution in [3.63, 3.8) is 0 Å². The minimum Gasteiger partial charge on any atom is -0.392 e. The van der Waals surface area contributed by atoms with Gasteiger partial charge in [0.15, 0.2) is 0 Å².